The molecule has 2 fully saturated rings. The highest BCUT2D eigenvalue weighted by Crippen LogP contribution is 2.24. The van der Waals surface area contributed by atoms with Crippen molar-refractivity contribution in [2.45, 2.75) is 0 Å². The summed E-state index contributed by atoms with van der Waals surface area (Å²) < 4.78 is 33.9. The third-order valence-corrected chi connectivity index (χ3v) is 6.35. The van der Waals surface area contributed by atoms with Crippen LogP contribution in [0.15, 0.2) is 36.7 Å². The highest BCUT2D eigenvalue weighted by Gasteiger charge is 2.31. The molecule has 0 unspecified atom stereocenters. The van der Waals surface area contributed by atoms with Crippen LogP contribution in [0.5, 0.6) is 0 Å². The van der Waals surface area contributed by atoms with Crippen LogP contribution in [-0.4, -0.2) is 73.8 Å². The van der Waals surface area contributed by atoms with E-state index in [1.54, 1.807) is 12.4 Å². The maximum Gasteiger partial charge on any atom is 0.279 e. The van der Waals surface area contributed by atoms with Gasteiger partial charge in [-0.05, 0) is 24.3 Å². The highest BCUT2D eigenvalue weighted by atomic mass is 32.2. The van der Waals surface area contributed by atoms with Crippen molar-refractivity contribution in [1.29, 1.82) is 0 Å². The van der Waals surface area contributed by atoms with Gasteiger partial charge in [0.25, 0.3) is 10.2 Å². The summed E-state index contributed by atoms with van der Waals surface area (Å²) in [6, 6.07) is 7.66. The van der Waals surface area contributed by atoms with Gasteiger partial charge in [0.2, 0.25) is 0 Å². The van der Waals surface area contributed by atoms with E-state index in [9.17, 15) is 8.42 Å². The summed E-state index contributed by atoms with van der Waals surface area (Å²) in [5.74, 6) is 1.07. The van der Waals surface area contributed by atoms with Gasteiger partial charge in [-0.25, -0.2) is 4.72 Å². The maximum absolute atomic E-state index is 12.3. The first-order chi connectivity index (χ1) is 13.1. The van der Waals surface area contributed by atoms with Crippen molar-refractivity contribution < 1.29 is 13.2 Å². The average molecular weight is 390 g/mol. The molecule has 4 rings (SSSR count). The molecule has 0 spiro atoms. The van der Waals surface area contributed by atoms with Crippen molar-refractivity contribution in [1.82, 2.24) is 24.2 Å². The predicted octanol–water partition coefficient (Wildman–Crippen LogP) is 0.141. The van der Waals surface area contributed by atoms with Gasteiger partial charge in [0.1, 0.15) is 0 Å². The normalized spacial score (nSPS) is 19.0. The summed E-state index contributed by atoms with van der Waals surface area (Å²) in [4.78, 5) is 6.09. The zero-order chi connectivity index (χ0) is 18.7. The minimum Gasteiger partial charge on any atom is -0.379 e. The number of rotatable bonds is 6. The highest BCUT2D eigenvalue weighted by molar-refractivity contribution is 7.87. The largest absolute Gasteiger partial charge is 0.379 e. The van der Waals surface area contributed by atoms with E-state index in [4.69, 9.17) is 4.74 Å². The summed E-state index contributed by atoms with van der Waals surface area (Å²) in [6.07, 6.45) is 3.45. The quantitative estimate of drug-likeness (QED) is 0.749. The second-order valence-electron chi connectivity index (χ2n) is 6.65. The predicted molar refractivity (Wildman–Crippen MR) is 100 cm³/mol. The van der Waals surface area contributed by atoms with E-state index in [-0.39, 0.29) is 5.92 Å². The van der Waals surface area contributed by atoms with Crippen LogP contribution in [-0.2, 0) is 14.9 Å². The molecule has 27 heavy (non-hydrogen) atoms. The Hall–Kier alpha value is -2.14. The molecule has 2 aliphatic heterocycles. The monoisotopic (exact) mass is 390 g/mol. The van der Waals surface area contributed by atoms with Gasteiger partial charge in [-0.3, -0.25) is 4.98 Å². The molecule has 0 aromatic carbocycles. The van der Waals surface area contributed by atoms with Crippen molar-refractivity contribution >= 4 is 16.0 Å². The number of morpholine rings is 1. The molecule has 0 radical (unpaired) electrons. The van der Waals surface area contributed by atoms with Crippen molar-refractivity contribution in [2.24, 2.45) is 5.92 Å². The van der Waals surface area contributed by atoms with E-state index in [1.165, 1.54) is 4.31 Å². The third kappa shape index (κ3) is 4.24. The molecule has 2 aromatic rings. The number of pyridine rings is 1. The first-order valence-electron chi connectivity index (χ1n) is 8.93. The number of aromatic nitrogens is 3. The Morgan fingerprint density at radius 3 is 2.48 bits per heavy atom. The Morgan fingerprint density at radius 1 is 1.07 bits per heavy atom. The Kier molecular flexibility index (Phi) is 5.30. The number of anilines is 1. The van der Waals surface area contributed by atoms with E-state index >= 15 is 0 Å². The number of hydrogen-bond donors (Lipinski definition) is 1. The minimum absolute atomic E-state index is 0.266. The standard InChI is InChI=1S/C17H22N6O3S/c24-27(25,23-7-9-26-10-8-23)19-11-14-12-22(13-14)17-2-1-16(20-21-17)15-3-5-18-6-4-15/h1-6,14,19H,7-13H2. The minimum atomic E-state index is -3.42. The molecule has 144 valence electrons. The molecule has 2 aliphatic rings. The number of nitrogens with zero attached hydrogens (tertiary/aromatic N) is 5. The van der Waals surface area contributed by atoms with Crippen LogP contribution in [0.3, 0.4) is 0 Å². The average Bonchev–Trinajstić information content (AvgIpc) is 2.68. The van der Waals surface area contributed by atoms with E-state index in [0.717, 1.165) is 30.2 Å². The molecule has 0 saturated carbocycles. The molecule has 10 heteroatoms. The van der Waals surface area contributed by atoms with E-state index < -0.39 is 10.2 Å². The Balaban J connectivity index is 1.27. The van der Waals surface area contributed by atoms with Crippen LogP contribution in [0, 0.1) is 5.92 Å². The van der Waals surface area contributed by atoms with Crippen molar-refractivity contribution in [2.75, 3.05) is 50.8 Å². The van der Waals surface area contributed by atoms with Crippen LogP contribution in [0.4, 0.5) is 5.82 Å². The van der Waals surface area contributed by atoms with Gasteiger partial charge in [-0.1, -0.05) is 0 Å². The van der Waals surface area contributed by atoms with Gasteiger partial charge >= 0.3 is 0 Å². The molecular formula is C17H22N6O3S. The summed E-state index contributed by atoms with van der Waals surface area (Å²) in [7, 11) is -3.42. The Bertz CT molecular complexity index is 850. The molecule has 2 aromatic heterocycles. The molecule has 1 N–H and O–H groups in total. The lowest BCUT2D eigenvalue weighted by Gasteiger charge is -2.40. The summed E-state index contributed by atoms with van der Waals surface area (Å²) in [5.41, 5.74) is 1.78. The SMILES string of the molecule is O=S(=O)(NCC1CN(c2ccc(-c3ccncc3)nn2)C1)N1CCOCC1. The number of nitrogens with one attached hydrogen (secondary N) is 1. The molecule has 0 amide bonds. The summed E-state index contributed by atoms with van der Waals surface area (Å²) >= 11 is 0. The van der Waals surface area contributed by atoms with Crippen LogP contribution in [0.2, 0.25) is 0 Å². The zero-order valence-electron chi connectivity index (χ0n) is 14.9. The number of ether oxygens (including phenoxy) is 1. The Morgan fingerprint density at radius 2 is 1.81 bits per heavy atom. The van der Waals surface area contributed by atoms with E-state index in [0.29, 0.717) is 32.8 Å². The Labute approximate surface area is 158 Å². The van der Waals surface area contributed by atoms with E-state index in [1.807, 2.05) is 24.3 Å². The van der Waals surface area contributed by atoms with Gasteiger partial charge in [-0.15, -0.1) is 10.2 Å². The van der Waals surface area contributed by atoms with Gasteiger partial charge in [0.05, 0.1) is 18.9 Å². The van der Waals surface area contributed by atoms with E-state index in [2.05, 4.69) is 24.8 Å². The maximum atomic E-state index is 12.3. The number of hydrogen-bond acceptors (Lipinski definition) is 7. The van der Waals surface area contributed by atoms with Crippen molar-refractivity contribution in [3.8, 4) is 11.3 Å². The van der Waals surface area contributed by atoms with Gasteiger partial charge < -0.3 is 9.64 Å². The second kappa shape index (κ2) is 7.85. The fraction of sp³-hybridized carbons (Fsp3) is 0.471. The lowest BCUT2D eigenvalue weighted by Crippen LogP contribution is -2.54. The molecule has 4 heterocycles. The zero-order valence-corrected chi connectivity index (χ0v) is 15.7. The van der Waals surface area contributed by atoms with Crippen molar-refractivity contribution in [3.63, 3.8) is 0 Å². The molecular weight excluding hydrogens is 368 g/mol. The molecule has 0 atom stereocenters. The lowest BCUT2D eigenvalue weighted by atomic mass is 10.0. The van der Waals surface area contributed by atoms with Crippen molar-refractivity contribution in [3.05, 3.63) is 36.7 Å². The second-order valence-corrected chi connectivity index (χ2v) is 8.40. The van der Waals surface area contributed by atoms with Crippen LogP contribution >= 0.6 is 0 Å². The van der Waals surface area contributed by atoms with Crippen LogP contribution in [0.1, 0.15) is 0 Å². The molecule has 2 saturated heterocycles. The lowest BCUT2D eigenvalue weighted by molar-refractivity contribution is 0.0724. The summed E-state index contributed by atoms with van der Waals surface area (Å²) in [5, 5.41) is 8.56. The smallest absolute Gasteiger partial charge is 0.279 e. The third-order valence-electron chi connectivity index (χ3n) is 4.77. The molecule has 0 aliphatic carbocycles. The molecule has 9 nitrogen and oxygen atoms in total. The molecule has 0 bridgehead atoms. The topological polar surface area (TPSA) is 101 Å². The van der Waals surface area contributed by atoms with Gasteiger partial charge in [0.15, 0.2) is 5.82 Å². The van der Waals surface area contributed by atoms with Gasteiger partial charge in [0, 0.05) is 56.6 Å². The van der Waals surface area contributed by atoms with Crippen LogP contribution < -0.4 is 9.62 Å². The van der Waals surface area contributed by atoms with Crippen LogP contribution in [0.25, 0.3) is 11.3 Å². The fourth-order valence-corrected chi connectivity index (χ4v) is 4.42. The van der Waals surface area contributed by atoms with Gasteiger partial charge in [-0.2, -0.15) is 12.7 Å². The fourth-order valence-electron chi connectivity index (χ4n) is 3.16. The first-order valence-corrected chi connectivity index (χ1v) is 10.4. The first kappa shape index (κ1) is 18.2. The summed E-state index contributed by atoms with van der Waals surface area (Å²) in [6.45, 7) is 3.66.